The summed E-state index contributed by atoms with van der Waals surface area (Å²) in [5.41, 5.74) is 7.15. The van der Waals surface area contributed by atoms with Crippen LogP contribution in [0.15, 0.2) is 16.7 Å². The van der Waals surface area contributed by atoms with Crippen molar-refractivity contribution in [1.29, 1.82) is 0 Å². The predicted octanol–water partition coefficient (Wildman–Crippen LogP) is 3.24. The number of aryl methyl sites for hydroxylation is 1. The Labute approximate surface area is 179 Å². The van der Waals surface area contributed by atoms with E-state index in [2.05, 4.69) is 4.98 Å². The second kappa shape index (κ2) is 6.99. The molecule has 0 radical (unpaired) electrons. The van der Waals surface area contributed by atoms with Crippen LogP contribution in [0.2, 0.25) is 5.15 Å². The Morgan fingerprint density at radius 1 is 1.37 bits per heavy atom. The number of furan rings is 1. The molecule has 0 aromatic carbocycles. The van der Waals surface area contributed by atoms with E-state index in [0.29, 0.717) is 35.1 Å². The number of carbonyl (C=O) groups excluding carboxylic acids is 1. The summed E-state index contributed by atoms with van der Waals surface area (Å²) < 4.78 is 11.6. The smallest absolute Gasteiger partial charge is 0.410 e. The van der Waals surface area contributed by atoms with Crippen LogP contribution < -0.4 is 5.73 Å². The molecular weight excluding hydrogens is 410 g/mol. The zero-order chi connectivity index (χ0) is 21.8. The highest BCUT2D eigenvalue weighted by Gasteiger charge is 2.52. The molecule has 0 saturated carbocycles. The molecule has 2 aliphatic rings. The lowest BCUT2D eigenvalue weighted by molar-refractivity contribution is -0.0123. The van der Waals surface area contributed by atoms with Gasteiger partial charge < -0.3 is 24.9 Å². The minimum Gasteiger partial charge on any atom is -0.478 e. The first kappa shape index (κ1) is 20.7. The first-order valence-corrected chi connectivity index (χ1v) is 10.1. The van der Waals surface area contributed by atoms with E-state index in [1.165, 1.54) is 4.90 Å². The Morgan fingerprint density at radius 3 is 2.67 bits per heavy atom. The van der Waals surface area contributed by atoms with Gasteiger partial charge in [-0.3, -0.25) is 0 Å². The third-order valence-corrected chi connectivity index (χ3v) is 5.78. The molecule has 1 fully saturated rings. The number of amides is 1. The topological polar surface area (TPSA) is 119 Å². The molecule has 3 N–H and O–H groups in total. The molecule has 30 heavy (non-hydrogen) atoms. The highest BCUT2D eigenvalue weighted by Crippen LogP contribution is 2.45. The Morgan fingerprint density at radius 2 is 2.07 bits per heavy atom. The fraction of sp³-hybridized carbons (Fsp3) is 0.476. The van der Waals surface area contributed by atoms with Gasteiger partial charge in [0.05, 0.1) is 5.41 Å². The number of aromatic carboxylic acids is 1. The number of likely N-dealkylation sites (tertiary alicyclic amines) is 1. The van der Waals surface area contributed by atoms with Crippen LogP contribution in [0, 0.1) is 0 Å². The van der Waals surface area contributed by atoms with Gasteiger partial charge in [-0.15, -0.1) is 0 Å². The van der Waals surface area contributed by atoms with Crippen molar-refractivity contribution in [1.82, 2.24) is 9.88 Å². The van der Waals surface area contributed by atoms with Crippen molar-refractivity contribution in [3.8, 4) is 11.3 Å². The Balaban J connectivity index is 1.73. The highest BCUT2D eigenvalue weighted by molar-refractivity contribution is 6.29. The molecule has 0 atom stereocenters. The summed E-state index contributed by atoms with van der Waals surface area (Å²) in [5, 5.41) is 10.3. The Kier molecular flexibility index (Phi) is 4.82. The molecule has 3 heterocycles. The van der Waals surface area contributed by atoms with Gasteiger partial charge in [-0.25, -0.2) is 14.6 Å². The third kappa shape index (κ3) is 3.33. The molecule has 1 saturated heterocycles. The predicted molar refractivity (Wildman–Crippen MR) is 110 cm³/mol. The van der Waals surface area contributed by atoms with Crippen molar-refractivity contribution in [2.75, 3.05) is 19.6 Å². The summed E-state index contributed by atoms with van der Waals surface area (Å²) in [6.07, 6.45) is 2.40. The number of hydrogen-bond acceptors (Lipinski definition) is 6. The number of fused-ring (bicyclic) bond motifs is 3. The number of nitrogens with two attached hydrogens (primary N) is 1. The molecular formula is C21H24ClN3O5. The number of nitrogens with zero attached hydrogens (tertiary/aromatic N) is 2. The molecule has 1 aliphatic carbocycles. The van der Waals surface area contributed by atoms with Crippen molar-refractivity contribution in [3.05, 3.63) is 39.9 Å². The molecule has 0 unspecified atom stereocenters. The Bertz CT molecular complexity index is 1030. The molecule has 2 aromatic rings. The van der Waals surface area contributed by atoms with Crippen LogP contribution in [0.3, 0.4) is 0 Å². The minimum atomic E-state index is -1.07. The number of carbonyl (C=O) groups is 2. The lowest BCUT2D eigenvalue weighted by Gasteiger charge is -2.48. The zero-order valence-electron chi connectivity index (χ0n) is 17.1. The standard InChI is InChI=1S/C21H24ClN3O5/c1-20(2,3)30-19(28)25-9-21(8-23,10-25)17-15(18(26)27)12-5-4-11-7-24-14(22)6-13(11)16(12)29-17/h6-7H,4-5,8-10,23H2,1-3H3,(H,26,27). The number of carboxylic acid groups (broad SMARTS) is 1. The van der Waals surface area contributed by atoms with Crippen molar-refractivity contribution in [3.63, 3.8) is 0 Å². The van der Waals surface area contributed by atoms with Gasteiger partial charge in [0.15, 0.2) is 0 Å². The van der Waals surface area contributed by atoms with E-state index in [1.54, 1.807) is 33.0 Å². The van der Waals surface area contributed by atoms with E-state index >= 15 is 0 Å². The van der Waals surface area contributed by atoms with Crippen molar-refractivity contribution >= 4 is 23.7 Å². The van der Waals surface area contributed by atoms with E-state index < -0.39 is 23.1 Å². The molecule has 9 heteroatoms. The average Bonchev–Trinajstić information content (AvgIpc) is 3.00. The molecule has 8 nitrogen and oxygen atoms in total. The number of halogens is 1. The van der Waals surface area contributed by atoms with Gasteiger partial charge in [0, 0.05) is 37.0 Å². The van der Waals surface area contributed by atoms with Crippen molar-refractivity contribution < 1.29 is 23.8 Å². The largest absolute Gasteiger partial charge is 0.478 e. The molecule has 1 amide bonds. The van der Waals surface area contributed by atoms with Gasteiger partial charge in [0.2, 0.25) is 0 Å². The van der Waals surface area contributed by atoms with E-state index in [-0.39, 0.29) is 25.2 Å². The lowest BCUT2D eigenvalue weighted by atomic mass is 9.75. The second-order valence-corrected chi connectivity index (χ2v) is 9.29. The average molecular weight is 434 g/mol. The van der Waals surface area contributed by atoms with Crippen LogP contribution in [0.1, 0.15) is 48.0 Å². The Hall–Kier alpha value is -2.58. The number of carboxylic acids is 1. The fourth-order valence-corrected chi connectivity index (χ4v) is 4.31. The zero-order valence-corrected chi connectivity index (χ0v) is 17.9. The van der Waals surface area contributed by atoms with Gasteiger partial charge >= 0.3 is 12.1 Å². The van der Waals surface area contributed by atoms with Gasteiger partial charge in [-0.05, 0) is 45.2 Å². The van der Waals surface area contributed by atoms with Crippen LogP contribution in [0.25, 0.3) is 11.3 Å². The summed E-state index contributed by atoms with van der Waals surface area (Å²) in [6.45, 7) is 5.98. The quantitative estimate of drug-likeness (QED) is 0.713. The van der Waals surface area contributed by atoms with Gasteiger partial charge in [0.25, 0.3) is 0 Å². The number of pyridine rings is 1. The normalized spacial score (nSPS) is 17.0. The number of aromatic nitrogens is 1. The highest BCUT2D eigenvalue weighted by atomic mass is 35.5. The maximum Gasteiger partial charge on any atom is 0.410 e. The second-order valence-electron chi connectivity index (χ2n) is 8.90. The van der Waals surface area contributed by atoms with Gasteiger partial charge in [-0.2, -0.15) is 0 Å². The molecule has 1 aliphatic heterocycles. The van der Waals surface area contributed by atoms with Gasteiger partial charge in [-0.1, -0.05) is 11.6 Å². The van der Waals surface area contributed by atoms with E-state index in [0.717, 1.165) is 11.1 Å². The minimum absolute atomic E-state index is 0.137. The molecule has 4 rings (SSSR count). The van der Waals surface area contributed by atoms with Crippen molar-refractivity contribution in [2.24, 2.45) is 5.73 Å². The molecule has 0 spiro atoms. The molecule has 2 aromatic heterocycles. The monoisotopic (exact) mass is 433 g/mol. The fourth-order valence-electron chi connectivity index (χ4n) is 4.15. The first-order chi connectivity index (χ1) is 14.0. The number of hydrogen-bond donors (Lipinski definition) is 2. The molecule has 160 valence electrons. The van der Waals surface area contributed by atoms with E-state index in [1.807, 2.05) is 0 Å². The van der Waals surface area contributed by atoms with Crippen LogP contribution >= 0.6 is 11.6 Å². The van der Waals surface area contributed by atoms with Gasteiger partial charge in [0.1, 0.15) is 27.8 Å². The number of rotatable bonds is 3. The summed E-state index contributed by atoms with van der Waals surface area (Å²) in [6, 6.07) is 1.69. The summed E-state index contributed by atoms with van der Waals surface area (Å²) in [5.74, 6) is -0.262. The van der Waals surface area contributed by atoms with E-state index in [9.17, 15) is 14.7 Å². The maximum absolute atomic E-state index is 12.4. The van der Waals surface area contributed by atoms with Crippen molar-refractivity contribution in [2.45, 2.75) is 44.6 Å². The van der Waals surface area contributed by atoms with E-state index in [4.69, 9.17) is 26.5 Å². The van der Waals surface area contributed by atoms with Crippen LogP contribution in [-0.4, -0.2) is 52.3 Å². The third-order valence-electron chi connectivity index (χ3n) is 5.57. The summed E-state index contributed by atoms with van der Waals surface area (Å²) >= 11 is 6.07. The summed E-state index contributed by atoms with van der Waals surface area (Å²) in [4.78, 5) is 30.2. The SMILES string of the molecule is CC(C)(C)OC(=O)N1CC(CN)(c2oc3c(c2C(=O)O)CCc2cnc(Cl)cc2-3)C1. The van der Waals surface area contributed by atoms with Crippen LogP contribution in [0.5, 0.6) is 0 Å². The number of ether oxygens (including phenoxy) is 1. The first-order valence-electron chi connectivity index (χ1n) is 9.77. The maximum atomic E-state index is 12.4. The van der Waals surface area contributed by atoms with Crippen LogP contribution in [-0.2, 0) is 23.0 Å². The molecule has 0 bridgehead atoms. The lowest BCUT2D eigenvalue weighted by Crippen LogP contribution is -2.65. The summed E-state index contributed by atoms with van der Waals surface area (Å²) in [7, 11) is 0. The van der Waals surface area contributed by atoms with Crippen LogP contribution in [0.4, 0.5) is 4.79 Å².